The van der Waals surface area contributed by atoms with Crippen molar-refractivity contribution < 1.29 is 13.5 Å². The van der Waals surface area contributed by atoms with E-state index in [9.17, 15) is 8.78 Å². The number of halogens is 3. The van der Waals surface area contributed by atoms with Crippen LogP contribution >= 0.6 is 11.6 Å². The molecule has 0 radical (unpaired) electrons. The van der Waals surface area contributed by atoms with Crippen LogP contribution in [0, 0.1) is 11.6 Å². The zero-order valence-corrected chi connectivity index (χ0v) is 9.92. The van der Waals surface area contributed by atoms with Gasteiger partial charge in [-0.1, -0.05) is 17.7 Å². The van der Waals surface area contributed by atoms with Crippen LogP contribution in [0.5, 0.6) is 11.6 Å². The van der Waals surface area contributed by atoms with Crippen LogP contribution in [0.25, 0.3) is 0 Å². The van der Waals surface area contributed by atoms with Crippen molar-refractivity contribution in [3.05, 3.63) is 52.7 Å². The Bertz CT molecular complexity index is 578. The van der Waals surface area contributed by atoms with E-state index in [1.807, 2.05) is 0 Å². The molecule has 0 aliphatic rings. The maximum Gasteiger partial charge on any atom is 0.256 e. The van der Waals surface area contributed by atoms with E-state index in [1.165, 1.54) is 30.5 Å². The third kappa shape index (κ3) is 2.42. The van der Waals surface area contributed by atoms with E-state index in [-0.39, 0.29) is 28.8 Å². The fraction of sp³-hybridized carbons (Fsp3) is 0.0833. The molecule has 2 rings (SSSR count). The molecule has 0 atom stereocenters. The lowest BCUT2D eigenvalue weighted by molar-refractivity contribution is 0.396. The highest BCUT2D eigenvalue weighted by atomic mass is 35.5. The summed E-state index contributed by atoms with van der Waals surface area (Å²) >= 11 is 5.59. The molecule has 6 heteroatoms. The van der Waals surface area contributed by atoms with E-state index < -0.39 is 11.6 Å². The van der Waals surface area contributed by atoms with E-state index in [2.05, 4.69) is 4.98 Å². The first-order valence-corrected chi connectivity index (χ1v) is 5.46. The van der Waals surface area contributed by atoms with Crippen LogP contribution in [0.4, 0.5) is 8.78 Å². The van der Waals surface area contributed by atoms with Crippen molar-refractivity contribution in [2.45, 2.75) is 6.54 Å². The van der Waals surface area contributed by atoms with Crippen molar-refractivity contribution in [2.75, 3.05) is 0 Å². The van der Waals surface area contributed by atoms with E-state index in [0.717, 1.165) is 0 Å². The minimum absolute atomic E-state index is 0.00272. The Morgan fingerprint density at radius 1 is 1.22 bits per heavy atom. The van der Waals surface area contributed by atoms with Gasteiger partial charge in [0.1, 0.15) is 0 Å². The highest BCUT2D eigenvalue weighted by Crippen LogP contribution is 2.29. The number of nitrogens with two attached hydrogens (primary N) is 1. The van der Waals surface area contributed by atoms with Crippen molar-refractivity contribution in [3.8, 4) is 11.6 Å². The molecule has 1 aromatic carbocycles. The van der Waals surface area contributed by atoms with Gasteiger partial charge < -0.3 is 10.5 Å². The van der Waals surface area contributed by atoms with Crippen LogP contribution in [-0.4, -0.2) is 4.98 Å². The fourth-order valence-corrected chi connectivity index (χ4v) is 1.52. The third-order valence-electron chi connectivity index (χ3n) is 2.28. The maximum atomic E-state index is 13.8. The number of nitrogens with zero attached hydrogens (tertiary/aromatic N) is 1. The number of rotatable bonds is 3. The quantitative estimate of drug-likeness (QED) is 0.931. The molecule has 0 saturated carbocycles. The molecule has 0 bridgehead atoms. The zero-order valence-electron chi connectivity index (χ0n) is 9.16. The van der Waals surface area contributed by atoms with Gasteiger partial charge in [0.15, 0.2) is 17.4 Å². The Kier molecular flexibility index (Phi) is 3.74. The molecule has 0 aliphatic carbocycles. The summed E-state index contributed by atoms with van der Waals surface area (Å²) in [6.45, 7) is 0.00272. The van der Waals surface area contributed by atoms with Crippen molar-refractivity contribution >= 4 is 11.6 Å². The summed E-state index contributed by atoms with van der Waals surface area (Å²) in [7, 11) is 0. The topological polar surface area (TPSA) is 48.1 Å². The largest absolute Gasteiger partial charge is 0.433 e. The van der Waals surface area contributed by atoms with Crippen molar-refractivity contribution in [1.82, 2.24) is 4.98 Å². The summed E-state index contributed by atoms with van der Waals surface area (Å²) in [5.41, 5.74) is 5.59. The normalized spacial score (nSPS) is 10.4. The van der Waals surface area contributed by atoms with E-state index in [1.54, 1.807) is 0 Å². The van der Waals surface area contributed by atoms with E-state index in [0.29, 0.717) is 0 Å². The average molecular weight is 271 g/mol. The molecule has 1 aromatic heterocycles. The van der Waals surface area contributed by atoms with Crippen LogP contribution in [0.15, 0.2) is 30.5 Å². The van der Waals surface area contributed by atoms with Crippen LogP contribution in [-0.2, 0) is 6.54 Å². The van der Waals surface area contributed by atoms with Crippen LogP contribution in [0.2, 0.25) is 5.02 Å². The SMILES string of the molecule is NCc1ccnc(Oc2cccc(Cl)c2F)c1F. The zero-order chi connectivity index (χ0) is 13.1. The van der Waals surface area contributed by atoms with Gasteiger partial charge in [-0.05, 0) is 18.2 Å². The van der Waals surface area contributed by atoms with Gasteiger partial charge in [0, 0.05) is 18.3 Å². The molecule has 18 heavy (non-hydrogen) atoms. The predicted octanol–water partition coefficient (Wildman–Crippen LogP) is 3.26. The smallest absolute Gasteiger partial charge is 0.256 e. The summed E-state index contributed by atoms with van der Waals surface area (Å²) in [6, 6.07) is 5.61. The second kappa shape index (κ2) is 5.29. The van der Waals surface area contributed by atoms with E-state index in [4.69, 9.17) is 22.1 Å². The van der Waals surface area contributed by atoms with Crippen LogP contribution in [0.3, 0.4) is 0 Å². The predicted molar refractivity (Wildman–Crippen MR) is 63.6 cm³/mol. The number of pyridine rings is 1. The second-order valence-electron chi connectivity index (χ2n) is 3.45. The minimum atomic E-state index is -0.765. The van der Waals surface area contributed by atoms with E-state index >= 15 is 0 Å². The van der Waals surface area contributed by atoms with Gasteiger partial charge in [-0.2, -0.15) is 0 Å². The lowest BCUT2D eigenvalue weighted by Crippen LogP contribution is -2.03. The Hall–Kier alpha value is -1.72. The molecule has 3 nitrogen and oxygen atoms in total. The number of hydrogen-bond donors (Lipinski definition) is 1. The highest BCUT2D eigenvalue weighted by molar-refractivity contribution is 6.30. The van der Waals surface area contributed by atoms with Gasteiger partial charge in [0.2, 0.25) is 0 Å². The van der Waals surface area contributed by atoms with Crippen molar-refractivity contribution in [2.24, 2.45) is 5.73 Å². The first-order chi connectivity index (χ1) is 8.63. The molecule has 0 fully saturated rings. The second-order valence-corrected chi connectivity index (χ2v) is 3.85. The minimum Gasteiger partial charge on any atom is -0.433 e. The Morgan fingerprint density at radius 3 is 2.72 bits per heavy atom. The Balaban J connectivity index is 2.37. The molecule has 0 aliphatic heterocycles. The lowest BCUT2D eigenvalue weighted by atomic mass is 10.2. The number of hydrogen-bond acceptors (Lipinski definition) is 3. The summed E-state index contributed by atoms with van der Waals surface area (Å²) in [4.78, 5) is 3.69. The average Bonchev–Trinajstić information content (AvgIpc) is 2.37. The molecule has 2 N–H and O–H groups in total. The first kappa shape index (κ1) is 12.7. The molecule has 94 valence electrons. The number of benzene rings is 1. The molecular formula is C12H9ClF2N2O. The standard InChI is InChI=1S/C12H9ClF2N2O/c13-8-2-1-3-9(11(8)15)18-12-10(14)7(6-16)4-5-17-12/h1-5H,6,16H2. The maximum absolute atomic E-state index is 13.8. The van der Waals surface area contributed by atoms with Gasteiger partial charge in [0.25, 0.3) is 5.88 Å². The summed E-state index contributed by atoms with van der Waals surface area (Å²) in [6.07, 6.45) is 1.34. The fourth-order valence-electron chi connectivity index (χ4n) is 1.36. The van der Waals surface area contributed by atoms with Crippen molar-refractivity contribution in [3.63, 3.8) is 0 Å². The monoisotopic (exact) mass is 270 g/mol. The molecular weight excluding hydrogens is 262 g/mol. The molecule has 2 aromatic rings. The van der Waals surface area contributed by atoms with Crippen LogP contribution in [0.1, 0.15) is 5.56 Å². The molecule has 0 unspecified atom stereocenters. The van der Waals surface area contributed by atoms with Gasteiger partial charge >= 0.3 is 0 Å². The number of ether oxygens (including phenoxy) is 1. The van der Waals surface area contributed by atoms with Crippen LogP contribution < -0.4 is 10.5 Å². The Morgan fingerprint density at radius 2 is 2.00 bits per heavy atom. The van der Waals surface area contributed by atoms with Gasteiger partial charge in [0.05, 0.1) is 5.02 Å². The lowest BCUT2D eigenvalue weighted by Gasteiger charge is -2.08. The van der Waals surface area contributed by atoms with Gasteiger partial charge in [-0.25, -0.2) is 13.8 Å². The molecule has 0 spiro atoms. The molecule has 0 amide bonds. The summed E-state index contributed by atoms with van der Waals surface area (Å²) < 4.78 is 32.4. The van der Waals surface area contributed by atoms with Crippen molar-refractivity contribution in [1.29, 1.82) is 0 Å². The van der Waals surface area contributed by atoms with Gasteiger partial charge in [-0.15, -0.1) is 0 Å². The number of aromatic nitrogens is 1. The molecule has 1 heterocycles. The molecule has 0 saturated heterocycles. The Labute approximate surface area is 107 Å². The van der Waals surface area contributed by atoms with Gasteiger partial charge in [-0.3, -0.25) is 0 Å². The summed E-state index contributed by atoms with van der Waals surface area (Å²) in [5.74, 6) is -2.00. The highest BCUT2D eigenvalue weighted by Gasteiger charge is 2.14. The first-order valence-electron chi connectivity index (χ1n) is 5.08. The summed E-state index contributed by atoms with van der Waals surface area (Å²) in [5, 5.41) is -0.108. The third-order valence-corrected chi connectivity index (χ3v) is 2.57.